The molecule has 214 valence electrons. The standard InChI is InChI=1S/C29H57NO6/c1-8-10-11-12-13-14-15-16-17-18-19-30(6,7)20-21-35-26(33)28(3,4)24-29(5,9-2)27(34)36-23-25(32)22-31/h20,25,31-32H,8-19,21-24H2,1-7H3. The number of hydrogen-bond acceptors (Lipinski definition) is 6. The van der Waals surface area contributed by atoms with Gasteiger partial charge in [0, 0.05) is 20.7 Å². The van der Waals surface area contributed by atoms with E-state index >= 15 is 0 Å². The van der Waals surface area contributed by atoms with Crippen molar-refractivity contribution in [2.75, 3.05) is 40.5 Å². The Bertz CT molecular complexity index is 607. The summed E-state index contributed by atoms with van der Waals surface area (Å²) in [5.41, 5.74) is -1.77. The molecule has 7 nitrogen and oxygen atoms in total. The van der Waals surface area contributed by atoms with Crippen molar-refractivity contribution in [2.45, 2.75) is 118 Å². The van der Waals surface area contributed by atoms with Crippen LogP contribution in [0.1, 0.15) is 112 Å². The molecule has 0 rings (SSSR count). The van der Waals surface area contributed by atoms with E-state index in [1.807, 2.05) is 13.5 Å². The number of aliphatic hydroxyl groups is 2. The topological polar surface area (TPSA) is 93.1 Å². The van der Waals surface area contributed by atoms with Crippen molar-refractivity contribution >= 4 is 11.9 Å². The van der Waals surface area contributed by atoms with Gasteiger partial charge in [0.1, 0.15) is 12.7 Å². The Morgan fingerprint density at radius 3 is 1.89 bits per heavy atom. The molecule has 0 fully saturated rings. The van der Waals surface area contributed by atoms with Crippen LogP contribution in [0, 0.1) is 17.4 Å². The highest BCUT2D eigenvalue weighted by molar-refractivity contribution is 5.80. The molecule has 0 aliphatic carbocycles. The number of likely N-dealkylation sites (N-methyl/N-ethyl adjacent to an activating group) is 1. The van der Waals surface area contributed by atoms with Gasteiger partial charge in [-0.15, -0.1) is 0 Å². The zero-order valence-electron chi connectivity index (χ0n) is 24.4. The quantitative estimate of drug-likeness (QED) is 0.0866. The summed E-state index contributed by atoms with van der Waals surface area (Å²) < 4.78 is 11.5. The number of nitrogens with zero attached hydrogens (tertiary/aromatic N) is 1. The summed E-state index contributed by atoms with van der Waals surface area (Å²) in [7, 11) is 4.25. The molecule has 0 aliphatic rings. The molecule has 0 aromatic carbocycles. The second-order valence-corrected chi connectivity index (χ2v) is 11.9. The summed E-state index contributed by atoms with van der Waals surface area (Å²) >= 11 is 0. The van der Waals surface area contributed by atoms with Crippen molar-refractivity contribution in [1.82, 2.24) is 0 Å². The predicted octanol–water partition coefficient (Wildman–Crippen LogP) is 5.42. The van der Waals surface area contributed by atoms with E-state index in [2.05, 4.69) is 21.0 Å². The van der Waals surface area contributed by atoms with Crippen molar-refractivity contribution < 1.29 is 33.8 Å². The average molecular weight is 516 g/mol. The van der Waals surface area contributed by atoms with Crippen molar-refractivity contribution in [3.05, 3.63) is 6.54 Å². The smallest absolute Gasteiger partial charge is 0.311 e. The first-order valence-corrected chi connectivity index (χ1v) is 14.1. The van der Waals surface area contributed by atoms with Crippen LogP contribution >= 0.6 is 0 Å². The van der Waals surface area contributed by atoms with Crippen LogP contribution in [0.25, 0.3) is 0 Å². The Morgan fingerprint density at radius 2 is 1.39 bits per heavy atom. The second kappa shape index (κ2) is 18.1. The van der Waals surface area contributed by atoms with Crippen molar-refractivity contribution in [1.29, 1.82) is 0 Å². The number of ether oxygens (including phenoxy) is 2. The predicted molar refractivity (Wildman–Crippen MR) is 145 cm³/mol. The van der Waals surface area contributed by atoms with Gasteiger partial charge >= 0.3 is 11.9 Å². The van der Waals surface area contributed by atoms with Gasteiger partial charge in [0.05, 0.1) is 24.0 Å². The van der Waals surface area contributed by atoms with Gasteiger partial charge in [-0.25, -0.2) is 0 Å². The van der Waals surface area contributed by atoms with E-state index in [0.717, 1.165) is 13.0 Å². The number of carbonyl (C=O) groups excluding carboxylic acids is 2. The normalized spacial score (nSPS) is 14.8. The van der Waals surface area contributed by atoms with E-state index < -0.39 is 29.5 Å². The monoisotopic (exact) mass is 515 g/mol. The zero-order valence-corrected chi connectivity index (χ0v) is 24.4. The van der Waals surface area contributed by atoms with Gasteiger partial charge < -0.3 is 24.2 Å². The first-order chi connectivity index (χ1) is 16.8. The zero-order chi connectivity index (χ0) is 27.7. The molecule has 2 atom stereocenters. The third kappa shape index (κ3) is 15.2. The van der Waals surface area contributed by atoms with E-state index in [4.69, 9.17) is 14.6 Å². The summed E-state index contributed by atoms with van der Waals surface area (Å²) in [6.07, 6.45) is 12.8. The number of rotatable bonds is 22. The lowest BCUT2D eigenvalue weighted by atomic mass is 9.72. The van der Waals surface area contributed by atoms with Crippen molar-refractivity contribution in [2.24, 2.45) is 10.8 Å². The summed E-state index contributed by atoms with van der Waals surface area (Å²) in [5.74, 6) is -0.834. The Kier molecular flexibility index (Phi) is 17.5. The molecule has 0 bridgehead atoms. The van der Waals surface area contributed by atoms with Crippen LogP contribution in [0.5, 0.6) is 0 Å². The van der Waals surface area contributed by atoms with Crippen LogP contribution in [0.3, 0.4) is 0 Å². The summed E-state index contributed by atoms with van der Waals surface area (Å²) in [6.45, 7) is 12.0. The van der Waals surface area contributed by atoms with Crippen LogP contribution < -0.4 is 0 Å². The average Bonchev–Trinajstić information content (AvgIpc) is 2.82. The molecule has 0 radical (unpaired) electrons. The molecule has 0 spiro atoms. The molecule has 0 aromatic rings. The van der Waals surface area contributed by atoms with Crippen LogP contribution in [0.2, 0.25) is 0 Å². The first kappa shape index (κ1) is 34.8. The highest BCUT2D eigenvalue weighted by atomic mass is 16.5. The minimum Gasteiger partial charge on any atom is -0.493 e. The number of hydrogen-bond donors (Lipinski definition) is 2. The fourth-order valence-corrected chi connectivity index (χ4v) is 4.40. The molecule has 0 aromatic heterocycles. The summed E-state index contributed by atoms with van der Waals surface area (Å²) in [6, 6.07) is 0. The van der Waals surface area contributed by atoms with Gasteiger partial charge in [0.25, 0.3) is 0 Å². The maximum atomic E-state index is 12.8. The molecular formula is C29H57NO6. The Labute approximate surface area is 221 Å². The van der Waals surface area contributed by atoms with Gasteiger partial charge in [-0.1, -0.05) is 71.8 Å². The Morgan fingerprint density at radius 1 is 0.861 bits per heavy atom. The lowest BCUT2D eigenvalue weighted by Crippen LogP contribution is -2.41. The second-order valence-electron chi connectivity index (χ2n) is 11.9. The Balaban J connectivity index is 4.35. The SMILES string of the molecule is CCCCCCCCCCCC[N+](C)(C)[CH-]COC(=O)C(C)(C)CC(C)(CC)C(=O)OCC(O)CO. The molecular weight excluding hydrogens is 458 g/mol. The molecule has 0 saturated carbocycles. The molecule has 0 aliphatic heterocycles. The van der Waals surface area contributed by atoms with Gasteiger partial charge in [-0.05, 0) is 46.5 Å². The van der Waals surface area contributed by atoms with Crippen LogP contribution in [-0.2, 0) is 19.1 Å². The van der Waals surface area contributed by atoms with Gasteiger partial charge in [0.2, 0.25) is 0 Å². The fraction of sp³-hybridized carbons (Fsp3) is 0.897. The maximum Gasteiger partial charge on any atom is 0.311 e. The van der Waals surface area contributed by atoms with E-state index in [-0.39, 0.29) is 25.6 Å². The van der Waals surface area contributed by atoms with Crippen LogP contribution in [-0.4, -0.2) is 73.2 Å². The molecule has 0 amide bonds. The minimum absolute atomic E-state index is 0.225. The number of quaternary nitrogens is 1. The third-order valence-electron chi connectivity index (χ3n) is 7.15. The molecule has 0 heterocycles. The van der Waals surface area contributed by atoms with Gasteiger partial charge in [0.15, 0.2) is 0 Å². The van der Waals surface area contributed by atoms with Crippen LogP contribution in [0.15, 0.2) is 0 Å². The van der Waals surface area contributed by atoms with E-state index in [9.17, 15) is 14.7 Å². The highest BCUT2D eigenvalue weighted by Crippen LogP contribution is 2.38. The Hall–Kier alpha value is -1.18. The molecule has 2 N–H and O–H groups in total. The first-order valence-electron chi connectivity index (χ1n) is 14.1. The summed E-state index contributed by atoms with van der Waals surface area (Å²) in [4.78, 5) is 25.5. The highest BCUT2D eigenvalue weighted by Gasteiger charge is 2.43. The molecule has 0 saturated heterocycles. The molecule has 2 unspecified atom stereocenters. The van der Waals surface area contributed by atoms with Gasteiger partial charge in [-0.3, -0.25) is 9.59 Å². The molecule has 7 heteroatoms. The minimum atomic E-state index is -1.11. The van der Waals surface area contributed by atoms with E-state index in [1.54, 1.807) is 20.8 Å². The molecule has 36 heavy (non-hydrogen) atoms. The van der Waals surface area contributed by atoms with Crippen molar-refractivity contribution in [3.63, 3.8) is 0 Å². The fourth-order valence-electron chi connectivity index (χ4n) is 4.40. The number of carbonyl (C=O) groups is 2. The van der Waals surface area contributed by atoms with Crippen molar-refractivity contribution in [3.8, 4) is 0 Å². The van der Waals surface area contributed by atoms with Crippen LogP contribution in [0.4, 0.5) is 0 Å². The maximum absolute atomic E-state index is 12.8. The number of aliphatic hydroxyl groups excluding tert-OH is 2. The third-order valence-corrected chi connectivity index (χ3v) is 7.15. The number of unbranched alkanes of at least 4 members (excludes halogenated alkanes) is 9. The lowest BCUT2D eigenvalue weighted by molar-refractivity contribution is -0.861. The number of esters is 2. The largest absolute Gasteiger partial charge is 0.493 e. The lowest BCUT2D eigenvalue weighted by Gasteiger charge is -2.40. The van der Waals surface area contributed by atoms with Gasteiger partial charge in [-0.2, -0.15) is 0 Å². The summed E-state index contributed by atoms with van der Waals surface area (Å²) in [5, 5.41) is 18.4. The van der Waals surface area contributed by atoms with E-state index in [0.29, 0.717) is 10.9 Å². The van der Waals surface area contributed by atoms with E-state index in [1.165, 1.54) is 57.8 Å².